The van der Waals surface area contributed by atoms with Crippen LogP contribution >= 0.6 is 11.3 Å². The summed E-state index contributed by atoms with van der Waals surface area (Å²) in [6, 6.07) is 12.3. The first-order valence-electron chi connectivity index (χ1n) is 9.05. The Hall–Kier alpha value is -3.26. The minimum absolute atomic E-state index is 0.122. The maximum Gasteiger partial charge on any atom is 0.263 e. The van der Waals surface area contributed by atoms with E-state index in [1.165, 1.54) is 35.6 Å². The molecule has 0 saturated carbocycles. The molecule has 1 aromatic heterocycles. The molecule has 0 fully saturated rings. The number of halogens is 1. The van der Waals surface area contributed by atoms with Crippen molar-refractivity contribution in [2.75, 3.05) is 18.4 Å². The highest BCUT2D eigenvalue weighted by Crippen LogP contribution is 2.27. The zero-order chi connectivity index (χ0) is 21.0. The molecule has 2 aromatic carbocycles. The molecule has 150 valence electrons. The van der Waals surface area contributed by atoms with E-state index in [1.54, 1.807) is 29.2 Å². The van der Waals surface area contributed by atoms with Crippen molar-refractivity contribution in [1.82, 2.24) is 4.90 Å². The van der Waals surface area contributed by atoms with Crippen molar-refractivity contribution >= 4 is 44.8 Å². The van der Waals surface area contributed by atoms with Gasteiger partial charge in [-0.05, 0) is 60.8 Å². The summed E-state index contributed by atoms with van der Waals surface area (Å²) < 4.78 is 14.2. The standard InChI is InChI=1S/C21H20FN3O3S/c1-2-25(21(28)18-12-14-11-15(22)5-8-17(14)29-18)10-9-19(26)24-16-6-3-13(4-7-16)20(23)27/h3-8,11-12H,2,9-10H2,1H3,(H2,23,27)(H,24,26). The lowest BCUT2D eigenvalue weighted by molar-refractivity contribution is -0.116. The Labute approximate surface area is 171 Å². The predicted octanol–water partition coefficient (Wildman–Crippen LogP) is 3.63. The normalized spacial score (nSPS) is 10.7. The van der Waals surface area contributed by atoms with Gasteiger partial charge in [0.1, 0.15) is 5.82 Å². The molecule has 0 saturated heterocycles. The molecule has 0 spiro atoms. The molecular weight excluding hydrogens is 393 g/mol. The zero-order valence-electron chi connectivity index (χ0n) is 15.8. The highest BCUT2D eigenvalue weighted by Gasteiger charge is 2.18. The van der Waals surface area contributed by atoms with Crippen molar-refractivity contribution in [2.24, 2.45) is 5.73 Å². The third-order valence-corrected chi connectivity index (χ3v) is 5.52. The molecule has 3 amide bonds. The number of benzene rings is 2. The van der Waals surface area contributed by atoms with Crippen LogP contribution in [0.15, 0.2) is 48.5 Å². The van der Waals surface area contributed by atoms with Gasteiger partial charge < -0.3 is 16.0 Å². The minimum Gasteiger partial charge on any atom is -0.366 e. The minimum atomic E-state index is -0.538. The molecule has 8 heteroatoms. The third kappa shape index (κ3) is 4.97. The second-order valence-electron chi connectivity index (χ2n) is 6.42. The van der Waals surface area contributed by atoms with Crippen molar-refractivity contribution in [3.05, 3.63) is 64.8 Å². The summed E-state index contributed by atoms with van der Waals surface area (Å²) in [5, 5.41) is 3.41. The summed E-state index contributed by atoms with van der Waals surface area (Å²) in [7, 11) is 0. The molecule has 0 aliphatic rings. The maximum absolute atomic E-state index is 13.4. The van der Waals surface area contributed by atoms with Crippen LogP contribution in [0, 0.1) is 5.82 Å². The fourth-order valence-corrected chi connectivity index (χ4v) is 3.87. The van der Waals surface area contributed by atoms with Gasteiger partial charge in [0.05, 0.1) is 4.88 Å². The molecule has 0 radical (unpaired) electrons. The van der Waals surface area contributed by atoms with Crippen LogP contribution in [0.1, 0.15) is 33.4 Å². The summed E-state index contributed by atoms with van der Waals surface area (Å²) >= 11 is 1.30. The number of hydrogen-bond acceptors (Lipinski definition) is 4. The maximum atomic E-state index is 13.4. The van der Waals surface area contributed by atoms with E-state index in [2.05, 4.69) is 5.32 Å². The van der Waals surface area contributed by atoms with Crippen LogP contribution in [-0.4, -0.2) is 35.7 Å². The van der Waals surface area contributed by atoms with E-state index in [1.807, 2.05) is 6.92 Å². The van der Waals surface area contributed by atoms with Gasteiger partial charge in [-0.2, -0.15) is 0 Å². The topological polar surface area (TPSA) is 92.5 Å². The fraction of sp³-hybridized carbons (Fsp3) is 0.190. The SMILES string of the molecule is CCN(CCC(=O)Nc1ccc(C(N)=O)cc1)C(=O)c1cc2cc(F)ccc2s1. The zero-order valence-corrected chi connectivity index (χ0v) is 16.6. The number of amides is 3. The molecule has 0 aliphatic heterocycles. The Morgan fingerprint density at radius 2 is 1.83 bits per heavy atom. The van der Waals surface area contributed by atoms with Crippen LogP contribution in [0.3, 0.4) is 0 Å². The smallest absolute Gasteiger partial charge is 0.263 e. The molecule has 0 aliphatic carbocycles. The van der Waals surface area contributed by atoms with Gasteiger partial charge in [-0.3, -0.25) is 14.4 Å². The second kappa shape index (κ2) is 8.83. The van der Waals surface area contributed by atoms with E-state index in [0.29, 0.717) is 28.1 Å². The van der Waals surface area contributed by atoms with E-state index in [4.69, 9.17) is 5.73 Å². The Balaban J connectivity index is 1.60. The molecule has 0 atom stereocenters. The number of fused-ring (bicyclic) bond motifs is 1. The van der Waals surface area contributed by atoms with Gasteiger partial charge in [0.2, 0.25) is 11.8 Å². The number of thiophene rings is 1. The van der Waals surface area contributed by atoms with E-state index >= 15 is 0 Å². The van der Waals surface area contributed by atoms with Gasteiger partial charge in [-0.15, -0.1) is 11.3 Å². The number of nitrogens with two attached hydrogens (primary N) is 1. The van der Waals surface area contributed by atoms with Gasteiger partial charge >= 0.3 is 0 Å². The fourth-order valence-electron chi connectivity index (χ4n) is 2.86. The van der Waals surface area contributed by atoms with Gasteiger partial charge in [0.15, 0.2) is 0 Å². The van der Waals surface area contributed by atoms with Crippen LogP contribution < -0.4 is 11.1 Å². The summed E-state index contributed by atoms with van der Waals surface area (Å²) in [5.41, 5.74) is 6.09. The number of carbonyl (C=O) groups is 3. The summed E-state index contributed by atoms with van der Waals surface area (Å²) in [5.74, 6) is -1.32. The average molecular weight is 413 g/mol. The van der Waals surface area contributed by atoms with Crippen LogP contribution in [0.25, 0.3) is 10.1 Å². The molecule has 0 unspecified atom stereocenters. The Morgan fingerprint density at radius 1 is 1.10 bits per heavy atom. The van der Waals surface area contributed by atoms with E-state index < -0.39 is 5.91 Å². The second-order valence-corrected chi connectivity index (χ2v) is 7.50. The number of anilines is 1. The first kappa shape index (κ1) is 20.5. The van der Waals surface area contributed by atoms with E-state index in [-0.39, 0.29) is 30.6 Å². The lowest BCUT2D eigenvalue weighted by Crippen LogP contribution is -2.33. The van der Waals surface area contributed by atoms with Gasteiger partial charge in [-0.25, -0.2) is 4.39 Å². The van der Waals surface area contributed by atoms with Crippen molar-refractivity contribution < 1.29 is 18.8 Å². The molecule has 0 bridgehead atoms. The van der Waals surface area contributed by atoms with Crippen molar-refractivity contribution in [3.8, 4) is 0 Å². The molecule has 6 nitrogen and oxygen atoms in total. The molecular formula is C21H20FN3O3S. The number of nitrogens with one attached hydrogen (secondary N) is 1. The molecule has 3 N–H and O–H groups in total. The Morgan fingerprint density at radius 3 is 2.48 bits per heavy atom. The molecule has 1 heterocycles. The number of nitrogens with zero attached hydrogens (tertiary/aromatic N) is 1. The van der Waals surface area contributed by atoms with Crippen LogP contribution in [0.5, 0.6) is 0 Å². The largest absolute Gasteiger partial charge is 0.366 e. The lowest BCUT2D eigenvalue weighted by Gasteiger charge is -2.19. The first-order valence-corrected chi connectivity index (χ1v) is 9.87. The number of carbonyl (C=O) groups excluding carboxylic acids is 3. The van der Waals surface area contributed by atoms with Crippen molar-refractivity contribution in [2.45, 2.75) is 13.3 Å². The van der Waals surface area contributed by atoms with Crippen LogP contribution in [-0.2, 0) is 4.79 Å². The Bertz CT molecular complexity index is 1060. The van der Waals surface area contributed by atoms with Gasteiger partial charge in [-0.1, -0.05) is 0 Å². The highest BCUT2D eigenvalue weighted by atomic mass is 32.1. The number of rotatable bonds is 7. The highest BCUT2D eigenvalue weighted by molar-refractivity contribution is 7.20. The summed E-state index contributed by atoms with van der Waals surface area (Å²) in [6.45, 7) is 2.54. The van der Waals surface area contributed by atoms with E-state index in [9.17, 15) is 18.8 Å². The molecule has 3 aromatic rings. The van der Waals surface area contributed by atoms with Crippen molar-refractivity contribution in [1.29, 1.82) is 0 Å². The predicted molar refractivity (Wildman–Crippen MR) is 112 cm³/mol. The summed E-state index contributed by atoms with van der Waals surface area (Å²) in [6.07, 6.45) is 0.122. The van der Waals surface area contributed by atoms with Crippen molar-refractivity contribution in [3.63, 3.8) is 0 Å². The Kier molecular flexibility index (Phi) is 6.23. The summed E-state index contributed by atoms with van der Waals surface area (Å²) in [4.78, 5) is 38.1. The number of primary amides is 1. The number of hydrogen-bond donors (Lipinski definition) is 2. The average Bonchev–Trinajstić information content (AvgIpc) is 3.11. The van der Waals surface area contributed by atoms with Crippen LogP contribution in [0.2, 0.25) is 0 Å². The lowest BCUT2D eigenvalue weighted by atomic mass is 10.2. The molecule has 3 rings (SSSR count). The first-order chi connectivity index (χ1) is 13.9. The van der Waals surface area contributed by atoms with Gasteiger partial charge in [0.25, 0.3) is 5.91 Å². The quantitative estimate of drug-likeness (QED) is 0.619. The monoisotopic (exact) mass is 413 g/mol. The van der Waals surface area contributed by atoms with Gasteiger partial charge in [0, 0.05) is 35.5 Å². The molecule has 29 heavy (non-hydrogen) atoms. The van der Waals surface area contributed by atoms with E-state index in [0.717, 1.165) is 4.70 Å². The van der Waals surface area contributed by atoms with Crippen LogP contribution in [0.4, 0.5) is 10.1 Å². The third-order valence-electron chi connectivity index (χ3n) is 4.42.